The molecule has 0 radical (unpaired) electrons. The highest BCUT2D eigenvalue weighted by atomic mass is 16.5. The highest BCUT2D eigenvalue weighted by Gasteiger charge is 2.27. The molecule has 29 heavy (non-hydrogen) atoms. The second kappa shape index (κ2) is 8.96. The van der Waals surface area contributed by atoms with Gasteiger partial charge in [0.15, 0.2) is 0 Å². The Kier molecular flexibility index (Phi) is 5.95. The summed E-state index contributed by atoms with van der Waals surface area (Å²) in [6.07, 6.45) is 3.86. The second-order valence-corrected chi connectivity index (χ2v) is 7.14. The van der Waals surface area contributed by atoms with Crippen LogP contribution in [0.2, 0.25) is 0 Å². The zero-order valence-corrected chi connectivity index (χ0v) is 16.5. The van der Waals surface area contributed by atoms with Gasteiger partial charge in [-0.1, -0.05) is 35.5 Å². The summed E-state index contributed by atoms with van der Waals surface area (Å²) in [6, 6.07) is 13.6. The van der Waals surface area contributed by atoms with Crippen LogP contribution >= 0.6 is 0 Å². The third-order valence-electron chi connectivity index (χ3n) is 5.10. The lowest BCUT2D eigenvalue weighted by Crippen LogP contribution is -2.33. The van der Waals surface area contributed by atoms with Crippen LogP contribution in [0.4, 0.5) is 5.88 Å². The van der Waals surface area contributed by atoms with Gasteiger partial charge in [0.25, 0.3) is 0 Å². The minimum atomic E-state index is -0.114. The molecule has 7 nitrogen and oxygen atoms in total. The van der Waals surface area contributed by atoms with Crippen LogP contribution in [0.5, 0.6) is 0 Å². The van der Waals surface area contributed by atoms with Crippen molar-refractivity contribution in [1.29, 1.82) is 0 Å². The molecular weight excluding hydrogens is 370 g/mol. The minimum absolute atomic E-state index is 0.00566. The van der Waals surface area contributed by atoms with E-state index >= 15 is 0 Å². The van der Waals surface area contributed by atoms with E-state index in [0.29, 0.717) is 13.1 Å². The van der Waals surface area contributed by atoms with Crippen molar-refractivity contribution in [3.05, 3.63) is 60.1 Å². The van der Waals surface area contributed by atoms with Gasteiger partial charge >= 0.3 is 0 Å². The predicted molar refractivity (Wildman–Crippen MR) is 108 cm³/mol. The first-order valence-corrected chi connectivity index (χ1v) is 9.84. The summed E-state index contributed by atoms with van der Waals surface area (Å²) in [7, 11) is 1.52. The third kappa shape index (κ3) is 4.35. The average Bonchev–Trinajstić information content (AvgIpc) is 3.50. The number of nitrogens with zero attached hydrogens (tertiary/aromatic N) is 3. The van der Waals surface area contributed by atoms with Crippen molar-refractivity contribution in [2.75, 3.05) is 31.7 Å². The van der Waals surface area contributed by atoms with Crippen molar-refractivity contribution < 1.29 is 18.5 Å². The summed E-state index contributed by atoms with van der Waals surface area (Å²) >= 11 is 0. The minimum Gasteiger partial charge on any atom is -0.467 e. The Morgan fingerprint density at radius 2 is 1.93 bits per heavy atom. The molecule has 7 heteroatoms. The number of carbonyl (C=O) groups excluding carboxylic acids is 1. The highest BCUT2D eigenvalue weighted by molar-refractivity contribution is 5.78. The first-order valence-electron chi connectivity index (χ1n) is 9.84. The largest absolute Gasteiger partial charge is 0.467 e. The fourth-order valence-electron chi connectivity index (χ4n) is 3.66. The number of benzene rings is 1. The number of hydrogen-bond donors (Lipinski definition) is 0. The number of hydrogen-bond acceptors (Lipinski definition) is 6. The van der Waals surface area contributed by atoms with E-state index in [2.05, 4.69) is 10.1 Å². The number of ether oxygens (including phenoxy) is 1. The SMILES string of the molecule is COCC(=O)N(Cc1ccco1)Cc1c(-c2ccccc2)noc1N1CCCC1. The third-order valence-corrected chi connectivity index (χ3v) is 5.10. The maximum atomic E-state index is 12.8. The Hall–Kier alpha value is -3.06. The molecule has 0 atom stereocenters. The van der Waals surface area contributed by atoms with Gasteiger partial charge in [-0.3, -0.25) is 4.79 Å². The number of aromatic nitrogens is 1. The molecule has 4 rings (SSSR count). The topological polar surface area (TPSA) is 72.0 Å². The first kappa shape index (κ1) is 19.3. The fraction of sp³-hybridized carbons (Fsp3) is 0.364. The summed E-state index contributed by atoms with van der Waals surface area (Å²) in [6.45, 7) is 2.59. The van der Waals surface area contributed by atoms with Crippen LogP contribution in [0.25, 0.3) is 11.3 Å². The van der Waals surface area contributed by atoms with Crippen molar-refractivity contribution in [3.63, 3.8) is 0 Å². The fourth-order valence-corrected chi connectivity index (χ4v) is 3.66. The number of amides is 1. The number of methoxy groups -OCH3 is 1. The van der Waals surface area contributed by atoms with Crippen molar-refractivity contribution in [2.45, 2.75) is 25.9 Å². The lowest BCUT2D eigenvalue weighted by atomic mass is 10.1. The average molecular weight is 395 g/mol. The van der Waals surface area contributed by atoms with Crippen LogP contribution in [0.15, 0.2) is 57.7 Å². The zero-order valence-electron chi connectivity index (χ0n) is 16.5. The van der Waals surface area contributed by atoms with E-state index in [1.165, 1.54) is 7.11 Å². The summed E-state index contributed by atoms with van der Waals surface area (Å²) in [5.41, 5.74) is 2.64. The molecule has 0 N–H and O–H groups in total. The van der Waals surface area contributed by atoms with Gasteiger partial charge in [-0.15, -0.1) is 0 Å². The summed E-state index contributed by atoms with van der Waals surface area (Å²) in [4.78, 5) is 16.7. The smallest absolute Gasteiger partial charge is 0.249 e. The lowest BCUT2D eigenvalue weighted by Gasteiger charge is -2.23. The number of rotatable bonds is 8. The molecule has 3 aromatic rings. The second-order valence-electron chi connectivity index (χ2n) is 7.14. The number of furan rings is 1. The van der Waals surface area contributed by atoms with Crippen molar-refractivity contribution in [3.8, 4) is 11.3 Å². The van der Waals surface area contributed by atoms with Gasteiger partial charge in [0, 0.05) is 25.8 Å². The molecule has 3 heterocycles. The van der Waals surface area contributed by atoms with Crippen LogP contribution in [0.1, 0.15) is 24.2 Å². The van der Waals surface area contributed by atoms with Crippen LogP contribution in [-0.2, 0) is 22.6 Å². The summed E-state index contributed by atoms with van der Waals surface area (Å²) < 4.78 is 16.4. The van der Waals surface area contributed by atoms with Crippen LogP contribution < -0.4 is 4.90 Å². The molecule has 0 aliphatic carbocycles. The Labute approximate surface area is 169 Å². The molecule has 1 amide bonds. The van der Waals surface area contributed by atoms with Crippen molar-refractivity contribution in [1.82, 2.24) is 10.1 Å². The maximum absolute atomic E-state index is 12.8. The van der Waals surface area contributed by atoms with Crippen molar-refractivity contribution in [2.24, 2.45) is 0 Å². The molecule has 1 aliphatic rings. The molecular formula is C22H25N3O4. The quantitative estimate of drug-likeness (QED) is 0.579. The van der Waals surface area contributed by atoms with E-state index in [0.717, 1.165) is 54.4 Å². The van der Waals surface area contributed by atoms with Gasteiger partial charge in [0.2, 0.25) is 11.8 Å². The van der Waals surface area contributed by atoms with E-state index < -0.39 is 0 Å². The number of carbonyl (C=O) groups is 1. The van der Waals surface area contributed by atoms with E-state index in [9.17, 15) is 4.79 Å². The van der Waals surface area contributed by atoms with Gasteiger partial charge in [-0.2, -0.15) is 0 Å². The van der Waals surface area contributed by atoms with E-state index in [1.54, 1.807) is 11.2 Å². The molecule has 0 saturated carbocycles. The number of anilines is 1. The van der Waals surface area contributed by atoms with E-state index in [4.69, 9.17) is 13.7 Å². The predicted octanol–water partition coefficient (Wildman–Crippen LogP) is 3.71. The lowest BCUT2D eigenvalue weighted by molar-refractivity contribution is -0.136. The van der Waals surface area contributed by atoms with Gasteiger partial charge in [0.05, 0.1) is 24.9 Å². The van der Waals surface area contributed by atoms with Gasteiger partial charge in [-0.05, 0) is 25.0 Å². The molecule has 1 saturated heterocycles. The molecule has 1 fully saturated rings. The van der Waals surface area contributed by atoms with Crippen LogP contribution in [-0.4, -0.2) is 42.8 Å². The van der Waals surface area contributed by atoms with Crippen LogP contribution in [0.3, 0.4) is 0 Å². The molecule has 152 valence electrons. The van der Waals surface area contributed by atoms with E-state index in [-0.39, 0.29) is 12.5 Å². The highest BCUT2D eigenvalue weighted by Crippen LogP contribution is 2.34. The maximum Gasteiger partial charge on any atom is 0.249 e. The zero-order chi connectivity index (χ0) is 20.1. The normalized spacial score (nSPS) is 13.8. The standard InChI is InChI=1S/C22H25N3O4/c1-27-16-20(26)25(14-18-10-7-13-28-18)15-19-21(17-8-3-2-4-9-17)23-29-22(19)24-11-5-6-12-24/h2-4,7-10,13H,5-6,11-12,14-16H2,1H3. The molecule has 2 aromatic heterocycles. The Bertz CT molecular complexity index is 915. The molecule has 0 unspecified atom stereocenters. The molecule has 1 aromatic carbocycles. The van der Waals surface area contributed by atoms with Crippen molar-refractivity contribution >= 4 is 11.8 Å². The van der Waals surface area contributed by atoms with Gasteiger partial charge in [-0.25, -0.2) is 0 Å². The molecule has 0 spiro atoms. The van der Waals surface area contributed by atoms with Gasteiger partial charge < -0.3 is 23.5 Å². The van der Waals surface area contributed by atoms with Gasteiger partial charge in [0.1, 0.15) is 18.1 Å². The Morgan fingerprint density at radius 3 is 2.62 bits per heavy atom. The Balaban J connectivity index is 1.69. The Morgan fingerprint density at radius 1 is 1.14 bits per heavy atom. The molecule has 0 bridgehead atoms. The van der Waals surface area contributed by atoms with E-state index in [1.807, 2.05) is 42.5 Å². The monoisotopic (exact) mass is 395 g/mol. The molecule has 1 aliphatic heterocycles. The summed E-state index contributed by atoms with van der Waals surface area (Å²) in [5, 5.41) is 4.38. The summed E-state index contributed by atoms with van der Waals surface area (Å²) in [5.74, 6) is 1.35. The van der Waals surface area contributed by atoms with Crippen LogP contribution in [0, 0.1) is 0 Å². The first-order chi connectivity index (χ1) is 14.3.